The van der Waals surface area contributed by atoms with Gasteiger partial charge in [-0.2, -0.15) is 5.10 Å². The monoisotopic (exact) mass is 210 g/mol. The van der Waals surface area contributed by atoms with E-state index in [0.717, 1.165) is 25.7 Å². The van der Waals surface area contributed by atoms with Crippen LogP contribution in [0.15, 0.2) is 12.4 Å². The Kier molecular flexibility index (Phi) is 4.82. The van der Waals surface area contributed by atoms with Gasteiger partial charge in [0.2, 0.25) is 0 Å². The molecule has 0 aliphatic rings. The SMILES string of the molecule is CC(C)CCC(O)CCc1cnn(C)c1. The number of rotatable bonds is 6. The highest BCUT2D eigenvalue weighted by molar-refractivity contribution is 5.03. The second-order valence-corrected chi connectivity index (χ2v) is 4.69. The third-order valence-corrected chi connectivity index (χ3v) is 2.60. The van der Waals surface area contributed by atoms with Crippen LogP contribution in [0.4, 0.5) is 0 Å². The van der Waals surface area contributed by atoms with Crippen LogP contribution in [0.1, 0.15) is 38.7 Å². The number of aromatic nitrogens is 2. The number of nitrogens with zero attached hydrogens (tertiary/aromatic N) is 2. The zero-order chi connectivity index (χ0) is 11.3. The van der Waals surface area contributed by atoms with Gasteiger partial charge in [0.15, 0.2) is 0 Å². The van der Waals surface area contributed by atoms with Gasteiger partial charge in [0, 0.05) is 13.2 Å². The van der Waals surface area contributed by atoms with Gasteiger partial charge in [0.25, 0.3) is 0 Å². The molecule has 0 saturated heterocycles. The predicted molar refractivity (Wildman–Crippen MR) is 61.6 cm³/mol. The minimum absolute atomic E-state index is 0.160. The molecule has 0 spiro atoms. The van der Waals surface area contributed by atoms with Crippen molar-refractivity contribution in [2.24, 2.45) is 13.0 Å². The van der Waals surface area contributed by atoms with Gasteiger partial charge < -0.3 is 5.11 Å². The second-order valence-electron chi connectivity index (χ2n) is 4.69. The second kappa shape index (κ2) is 5.91. The molecule has 0 radical (unpaired) electrons. The average Bonchev–Trinajstić information content (AvgIpc) is 2.58. The van der Waals surface area contributed by atoms with Crippen LogP contribution in [0.25, 0.3) is 0 Å². The van der Waals surface area contributed by atoms with Gasteiger partial charge >= 0.3 is 0 Å². The summed E-state index contributed by atoms with van der Waals surface area (Å²) in [5.74, 6) is 0.679. The topological polar surface area (TPSA) is 38.1 Å². The molecule has 1 N–H and O–H groups in total. The summed E-state index contributed by atoms with van der Waals surface area (Å²) in [6.07, 6.45) is 7.51. The van der Waals surface area contributed by atoms with Crippen LogP contribution >= 0.6 is 0 Å². The molecule has 0 amide bonds. The highest BCUT2D eigenvalue weighted by atomic mass is 16.3. The molecular formula is C12H22N2O. The minimum Gasteiger partial charge on any atom is -0.393 e. The summed E-state index contributed by atoms with van der Waals surface area (Å²) in [6.45, 7) is 4.38. The third-order valence-electron chi connectivity index (χ3n) is 2.60. The number of aliphatic hydroxyl groups is 1. The number of aryl methyl sites for hydroxylation is 2. The summed E-state index contributed by atoms with van der Waals surface area (Å²) in [5.41, 5.74) is 1.21. The summed E-state index contributed by atoms with van der Waals surface area (Å²) in [6, 6.07) is 0. The first-order valence-corrected chi connectivity index (χ1v) is 5.73. The Morgan fingerprint density at radius 1 is 1.33 bits per heavy atom. The molecule has 1 aromatic heterocycles. The fourth-order valence-corrected chi connectivity index (χ4v) is 1.60. The number of hydrogen-bond acceptors (Lipinski definition) is 2. The lowest BCUT2D eigenvalue weighted by molar-refractivity contribution is 0.147. The largest absolute Gasteiger partial charge is 0.393 e. The lowest BCUT2D eigenvalue weighted by Crippen LogP contribution is -2.09. The van der Waals surface area contributed by atoms with E-state index < -0.39 is 0 Å². The van der Waals surface area contributed by atoms with E-state index in [0.29, 0.717) is 5.92 Å². The van der Waals surface area contributed by atoms with Gasteiger partial charge in [-0.1, -0.05) is 13.8 Å². The molecule has 1 rings (SSSR count). The van der Waals surface area contributed by atoms with Crippen molar-refractivity contribution in [3.05, 3.63) is 18.0 Å². The third kappa shape index (κ3) is 4.98. The highest BCUT2D eigenvalue weighted by Crippen LogP contribution is 2.11. The Hall–Kier alpha value is -0.830. The van der Waals surface area contributed by atoms with Crippen molar-refractivity contribution in [2.75, 3.05) is 0 Å². The fourth-order valence-electron chi connectivity index (χ4n) is 1.60. The van der Waals surface area contributed by atoms with E-state index in [-0.39, 0.29) is 6.10 Å². The molecule has 1 heterocycles. The fraction of sp³-hybridized carbons (Fsp3) is 0.750. The summed E-state index contributed by atoms with van der Waals surface area (Å²) >= 11 is 0. The standard InChI is InChI=1S/C12H22N2O/c1-10(2)4-6-12(15)7-5-11-8-13-14(3)9-11/h8-10,12,15H,4-7H2,1-3H3. The van der Waals surface area contributed by atoms with Crippen LogP contribution in [0.3, 0.4) is 0 Å². The first-order valence-electron chi connectivity index (χ1n) is 5.73. The van der Waals surface area contributed by atoms with Crippen LogP contribution in [-0.2, 0) is 13.5 Å². The lowest BCUT2D eigenvalue weighted by Gasteiger charge is -2.11. The van der Waals surface area contributed by atoms with Crippen LogP contribution in [0.5, 0.6) is 0 Å². The Morgan fingerprint density at radius 2 is 2.07 bits per heavy atom. The molecule has 0 saturated carbocycles. The van der Waals surface area contributed by atoms with Crippen LogP contribution in [0.2, 0.25) is 0 Å². The predicted octanol–water partition coefficient (Wildman–Crippen LogP) is 2.15. The molecule has 0 aliphatic heterocycles. The van der Waals surface area contributed by atoms with E-state index in [4.69, 9.17) is 0 Å². The summed E-state index contributed by atoms with van der Waals surface area (Å²) in [5, 5.41) is 13.8. The maximum atomic E-state index is 9.74. The summed E-state index contributed by atoms with van der Waals surface area (Å²) in [7, 11) is 1.92. The zero-order valence-corrected chi connectivity index (χ0v) is 9.98. The van der Waals surface area contributed by atoms with Crippen LogP contribution in [-0.4, -0.2) is 21.0 Å². The average molecular weight is 210 g/mol. The molecule has 1 unspecified atom stereocenters. The van der Waals surface area contributed by atoms with Crippen LogP contribution in [0, 0.1) is 5.92 Å². The smallest absolute Gasteiger partial charge is 0.0543 e. The van der Waals surface area contributed by atoms with Crippen molar-refractivity contribution in [2.45, 2.75) is 45.6 Å². The van der Waals surface area contributed by atoms with E-state index in [2.05, 4.69) is 18.9 Å². The minimum atomic E-state index is -0.160. The van der Waals surface area contributed by atoms with Gasteiger partial charge in [-0.3, -0.25) is 4.68 Å². The van der Waals surface area contributed by atoms with E-state index >= 15 is 0 Å². The van der Waals surface area contributed by atoms with Gasteiger partial charge in [0.05, 0.1) is 12.3 Å². The maximum Gasteiger partial charge on any atom is 0.0543 e. The van der Waals surface area contributed by atoms with E-state index in [9.17, 15) is 5.11 Å². The molecular weight excluding hydrogens is 188 g/mol. The quantitative estimate of drug-likeness (QED) is 0.781. The van der Waals surface area contributed by atoms with Crippen molar-refractivity contribution in [3.63, 3.8) is 0 Å². The van der Waals surface area contributed by atoms with E-state index in [1.807, 2.05) is 19.4 Å². The number of hydrogen-bond donors (Lipinski definition) is 1. The van der Waals surface area contributed by atoms with E-state index in [1.165, 1.54) is 5.56 Å². The lowest BCUT2D eigenvalue weighted by atomic mass is 10.0. The van der Waals surface area contributed by atoms with Gasteiger partial charge in [-0.05, 0) is 37.2 Å². The van der Waals surface area contributed by atoms with Crippen molar-refractivity contribution < 1.29 is 5.11 Å². The molecule has 0 aromatic carbocycles. The van der Waals surface area contributed by atoms with Gasteiger partial charge in [0.1, 0.15) is 0 Å². The Bertz CT molecular complexity index is 281. The normalized spacial score (nSPS) is 13.4. The maximum absolute atomic E-state index is 9.74. The molecule has 3 nitrogen and oxygen atoms in total. The van der Waals surface area contributed by atoms with Crippen molar-refractivity contribution >= 4 is 0 Å². The van der Waals surface area contributed by atoms with Crippen LogP contribution < -0.4 is 0 Å². The summed E-state index contributed by atoms with van der Waals surface area (Å²) < 4.78 is 1.80. The zero-order valence-electron chi connectivity index (χ0n) is 9.98. The molecule has 3 heteroatoms. The van der Waals surface area contributed by atoms with Crippen molar-refractivity contribution in [3.8, 4) is 0 Å². The molecule has 0 aliphatic carbocycles. The highest BCUT2D eigenvalue weighted by Gasteiger charge is 2.06. The number of aliphatic hydroxyl groups excluding tert-OH is 1. The van der Waals surface area contributed by atoms with Crippen molar-refractivity contribution in [1.29, 1.82) is 0 Å². The first-order chi connectivity index (χ1) is 7.08. The molecule has 86 valence electrons. The van der Waals surface area contributed by atoms with E-state index in [1.54, 1.807) is 4.68 Å². The molecule has 0 bridgehead atoms. The summed E-state index contributed by atoms with van der Waals surface area (Å²) in [4.78, 5) is 0. The van der Waals surface area contributed by atoms with Crippen molar-refractivity contribution in [1.82, 2.24) is 9.78 Å². The van der Waals surface area contributed by atoms with Gasteiger partial charge in [-0.25, -0.2) is 0 Å². The molecule has 1 atom stereocenters. The molecule has 15 heavy (non-hydrogen) atoms. The molecule has 1 aromatic rings. The molecule has 0 fully saturated rings. The Morgan fingerprint density at radius 3 is 2.60 bits per heavy atom. The first kappa shape index (κ1) is 12.2. The van der Waals surface area contributed by atoms with Gasteiger partial charge in [-0.15, -0.1) is 0 Å². The Labute approximate surface area is 92.1 Å². The Balaban J connectivity index is 2.19.